The summed E-state index contributed by atoms with van der Waals surface area (Å²) in [5.41, 5.74) is 3.64. The zero-order chi connectivity index (χ0) is 18.9. The summed E-state index contributed by atoms with van der Waals surface area (Å²) in [7, 11) is 0. The molecule has 5 rings (SSSR count). The minimum atomic E-state index is 0.237. The van der Waals surface area contributed by atoms with Crippen LogP contribution in [0.15, 0.2) is 42.5 Å². The van der Waals surface area contributed by atoms with Crippen LogP contribution in [-0.4, -0.2) is 38.8 Å². The third-order valence-electron chi connectivity index (χ3n) is 6.22. The summed E-state index contributed by atoms with van der Waals surface area (Å²) in [6.45, 7) is 3.80. The van der Waals surface area contributed by atoms with E-state index in [-0.39, 0.29) is 5.91 Å². The van der Waals surface area contributed by atoms with E-state index in [2.05, 4.69) is 30.3 Å². The van der Waals surface area contributed by atoms with Gasteiger partial charge in [0.25, 0.3) is 5.91 Å². The molecule has 5 heteroatoms. The third-order valence-corrected chi connectivity index (χ3v) is 6.22. The van der Waals surface area contributed by atoms with Crippen LogP contribution in [0.1, 0.15) is 36.4 Å². The lowest BCUT2D eigenvalue weighted by Gasteiger charge is -2.25. The normalized spacial score (nSPS) is 23.4. The number of para-hydroxylation sites is 1. The van der Waals surface area contributed by atoms with Crippen LogP contribution < -0.4 is 19.3 Å². The number of nitrogens with zero attached hydrogens (tertiary/aromatic N) is 1. The fourth-order valence-electron chi connectivity index (χ4n) is 4.81. The van der Waals surface area contributed by atoms with E-state index >= 15 is 0 Å². The molecule has 3 heterocycles. The maximum atomic E-state index is 13.1. The second-order valence-electron chi connectivity index (χ2n) is 7.96. The predicted molar refractivity (Wildman–Crippen MR) is 107 cm³/mol. The molecule has 1 unspecified atom stereocenters. The highest BCUT2D eigenvalue weighted by molar-refractivity contribution is 5.96. The number of ether oxygens (including phenoxy) is 2. The number of anilines is 1. The molecule has 1 fully saturated rings. The largest absolute Gasteiger partial charge is 0.490 e. The fraction of sp³-hybridized carbons (Fsp3) is 0.435. The lowest BCUT2D eigenvalue weighted by atomic mass is 10.0. The molecule has 2 aromatic carbocycles. The molecule has 0 spiro atoms. The Labute approximate surface area is 165 Å². The van der Waals surface area contributed by atoms with Gasteiger partial charge in [-0.2, -0.15) is 0 Å². The van der Waals surface area contributed by atoms with E-state index < -0.39 is 0 Å². The molecule has 1 saturated heterocycles. The number of rotatable bonds is 3. The van der Waals surface area contributed by atoms with Crippen molar-refractivity contribution in [2.75, 3.05) is 37.7 Å². The van der Waals surface area contributed by atoms with Gasteiger partial charge in [-0.3, -0.25) is 4.79 Å². The Hall–Kier alpha value is -2.53. The van der Waals surface area contributed by atoms with Crippen LogP contribution in [0.3, 0.4) is 0 Å². The van der Waals surface area contributed by atoms with Gasteiger partial charge in [-0.25, -0.2) is 0 Å². The van der Waals surface area contributed by atoms with Gasteiger partial charge >= 0.3 is 0 Å². The summed E-state index contributed by atoms with van der Waals surface area (Å²) in [5, 5.41) is 0. The van der Waals surface area contributed by atoms with E-state index in [4.69, 9.17) is 9.47 Å². The van der Waals surface area contributed by atoms with E-state index in [9.17, 15) is 4.79 Å². The number of benzene rings is 2. The van der Waals surface area contributed by atoms with Crippen molar-refractivity contribution in [3.63, 3.8) is 0 Å². The molecule has 1 amide bonds. The topological polar surface area (TPSA) is 43.2 Å². The lowest BCUT2D eigenvalue weighted by Crippen LogP contribution is -3.11. The summed E-state index contributed by atoms with van der Waals surface area (Å²) >= 11 is 0. The SMILES string of the molecule is O=C(C[NH+]1CCC[C@@H]1c1ccc2c(c1)OCCCO2)N1CCc2ccccc21. The standard InChI is InChI=1S/C23H26N2O3/c26-23(25-12-10-17-5-1-2-6-20(17)25)16-24-11-3-7-19(24)18-8-9-21-22(15-18)28-14-4-13-27-21/h1-2,5-6,8-9,15,19H,3-4,7,10-14,16H2/p+1/t19-/m1/s1. The average Bonchev–Trinajstić information content (AvgIpc) is 3.28. The molecule has 3 aliphatic rings. The fourth-order valence-corrected chi connectivity index (χ4v) is 4.81. The van der Waals surface area contributed by atoms with Gasteiger partial charge in [-0.05, 0) is 36.2 Å². The number of likely N-dealkylation sites (tertiary alicyclic amines) is 1. The maximum Gasteiger partial charge on any atom is 0.282 e. The van der Waals surface area contributed by atoms with Crippen molar-refractivity contribution in [1.82, 2.24) is 0 Å². The van der Waals surface area contributed by atoms with Crippen molar-refractivity contribution in [3.05, 3.63) is 53.6 Å². The summed E-state index contributed by atoms with van der Waals surface area (Å²) in [6.07, 6.45) is 4.14. The number of fused-ring (bicyclic) bond motifs is 2. The summed E-state index contributed by atoms with van der Waals surface area (Å²) in [5.74, 6) is 1.92. The van der Waals surface area contributed by atoms with Crippen LogP contribution >= 0.6 is 0 Å². The second-order valence-corrected chi connectivity index (χ2v) is 7.96. The molecule has 2 atom stereocenters. The Morgan fingerprint density at radius 1 is 1.07 bits per heavy atom. The summed E-state index contributed by atoms with van der Waals surface area (Å²) in [6, 6.07) is 14.9. The van der Waals surface area contributed by atoms with Crippen LogP contribution in [0.4, 0.5) is 5.69 Å². The van der Waals surface area contributed by atoms with Crippen LogP contribution in [0, 0.1) is 0 Å². The van der Waals surface area contributed by atoms with E-state index in [0.29, 0.717) is 25.8 Å². The first-order chi connectivity index (χ1) is 13.8. The van der Waals surface area contributed by atoms with E-state index in [1.54, 1.807) is 0 Å². The molecule has 0 saturated carbocycles. The van der Waals surface area contributed by atoms with Gasteiger partial charge in [0.05, 0.1) is 19.8 Å². The van der Waals surface area contributed by atoms with Crippen molar-refractivity contribution in [1.29, 1.82) is 0 Å². The molecule has 1 N–H and O–H groups in total. The number of hydrogen-bond donors (Lipinski definition) is 1. The van der Waals surface area contributed by atoms with E-state index in [1.165, 1.54) is 16.0 Å². The molecule has 0 aliphatic carbocycles. The maximum absolute atomic E-state index is 13.1. The van der Waals surface area contributed by atoms with Gasteiger partial charge in [-0.1, -0.05) is 18.2 Å². The first kappa shape index (κ1) is 17.6. The van der Waals surface area contributed by atoms with E-state index in [0.717, 1.165) is 56.0 Å². The highest BCUT2D eigenvalue weighted by Gasteiger charge is 2.35. The first-order valence-corrected chi connectivity index (χ1v) is 10.4. The number of amides is 1. The average molecular weight is 379 g/mol. The number of carbonyl (C=O) groups is 1. The van der Waals surface area contributed by atoms with Crippen LogP contribution in [0.5, 0.6) is 11.5 Å². The highest BCUT2D eigenvalue weighted by Crippen LogP contribution is 2.33. The smallest absolute Gasteiger partial charge is 0.282 e. The Bertz CT molecular complexity index is 882. The van der Waals surface area contributed by atoms with Gasteiger partial charge in [0.15, 0.2) is 18.0 Å². The lowest BCUT2D eigenvalue weighted by molar-refractivity contribution is -0.910. The van der Waals surface area contributed by atoms with Gasteiger partial charge in [0, 0.05) is 37.1 Å². The molecule has 3 aliphatic heterocycles. The highest BCUT2D eigenvalue weighted by atomic mass is 16.5. The van der Waals surface area contributed by atoms with Gasteiger partial charge in [0.2, 0.25) is 0 Å². The third kappa shape index (κ3) is 3.24. The molecule has 0 bridgehead atoms. The van der Waals surface area contributed by atoms with Gasteiger partial charge < -0.3 is 19.3 Å². The number of quaternary nitrogens is 1. The minimum absolute atomic E-state index is 0.237. The zero-order valence-corrected chi connectivity index (χ0v) is 16.2. The van der Waals surface area contributed by atoms with E-state index in [1.807, 2.05) is 17.0 Å². The molecule has 2 aromatic rings. The molecular formula is C23H27N2O3+. The van der Waals surface area contributed by atoms with Crippen LogP contribution in [-0.2, 0) is 11.2 Å². The number of carbonyl (C=O) groups excluding carboxylic acids is 1. The summed E-state index contributed by atoms with van der Waals surface area (Å²) in [4.78, 5) is 16.4. The van der Waals surface area contributed by atoms with Crippen molar-refractivity contribution in [2.45, 2.75) is 31.7 Å². The molecular weight excluding hydrogens is 352 g/mol. The Morgan fingerprint density at radius 2 is 1.93 bits per heavy atom. The van der Waals surface area contributed by atoms with Gasteiger partial charge in [-0.15, -0.1) is 0 Å². The molecule has 28 heavy (non-hydrogen) atoms. The Morgan fingerprint density at radius 3 is 2.86 bits per heavy atom. The molecule has 146 valence electrons. The second kappa shape index (κ2) is 7.47. The molecule has 0 aromatic heterocycles. The monoisotopic (exact) mass is 379 g/mol. The molecule has 0 radical (unpaired) electrons. The number of hydrogen-bond acceptors (Lipinski definition) is 3. The Kier molecular flexibility index (Phi) is 4.69. The Balaban J connectivity index is 1.32. The quantitative estimate of drug-likeness (QED) is 0.889. The van der Waals surface area contributed by atoms with Crippen molar-refractivity contribution in [2.24, 2.45) is 0 Å². The van der Waals surface area contributed by atoms with Crippen molar-refractivity contribution in [3.8, 4) is 11.5 Å². The van der Waals surface area contributed by atoms with Crippen LogP contribution in [0.25, 0.3) is 0 Å². The van der Waals surface area contributed by atoms with Crippen LogP contribution in [0.2, 0.25) is 0 Å². The van der Waals surface area contributed by atoms with Crippen molar-refractivity contribution < 1.29 is 19.2 Å². The predicted octanol–water partition coefficient (Wildman–Crippen LogP) is 2.16. The minimum Gasteiger partial charge on any atom is -0.490 e. The van der Waals surface area contributed by atoms with Crippen molar-refractivity contribution >= 4 is 11.6 Å². The number of nitrogens with one attached hydrogen (secondary N) is 1. The molecule has 5 nitrogen and oxygen atoms in total. The summed E-state index contributed by atoms with van der Waals surface area (Å²) < 4.78 is 11.6. The first-order valence-electron chi connectivity index (χ1n) is 10.4. The van der Waals surface area contributed by atoms with Gasteiger partial charge in [0.1, 0.15) is 6.04 Å². The zero-order valence-electron chi connectivity index (χ0n) is 16.2.